The minimum atomic E-state index is -0.461. The quantitative estimate of drug-likeness (QED) is 0.774. The third-order valence-electron chi connectivity index (χ3n) is 5.25. The molecule has 1 atom stereocenters. The summed E-state index contributed by atoms with van der Waals surface area (Å²) in [6, 6.07) is 14.3. The number of aliphatic hydroxyl groups excluding tert-OH is 1. The summed E-state index contributed by atoms with van der Waals surface area (Å²) in [6.07, 6.45) is -0.461. The Labute approximate surface area is 162 Å². The maximum absolute atomic E-state index is 10.4. The standard InChI is InChI=1S/C22H30N2O3/c1-17-7-6-8-18(2)22(17)27-16-19(25)15-23-11-13-24(14-12-23)20-9-4-5-10-21(20)26-3/h4-10,19,25H,11-16H2,1-3H3/p+1/t19-/m0/s1. The number of nitrogens with one attached hydrogen (secondary N) is 1. The number of rotatable bonds is 7. The summed E-state index contributed by atoms with van der Waals surface area (Å²) in [5, 5.41) is 10.4. The van der Waals surface area contributed by atoms with Gasteiger partial charge in [-0.3, -0.25) is 0 Å². The van der Waals surface area contributed by atoms with Crippen LogP contribution in [0.2, 0.25) is 0 Å². The Morgan fingerprint density at radius 2 is 1.70 bits per heavy atom. The molecule has 0 bridgehead atoms. The van der Waals surface area contributed by atoms with E-state index in [1.165, 1.54) is 4.90 Å². The number of hydrogen-bond acceptors (Lipinski definition) is 4. The highest BCUT2D eigenvalue weighted by Crippen LogP contribution is 2.27. The van der Waals surface area contributed by atoms with Crippen molar-refractivity contribution in [3.63, 3.8) is 0 Å². The zero-order chi connectivity index (χ0) is 19.2. The van der Waals surface area contributed by atoms with Crippen LogP contribution in [0.5, 0.6) is 11.5 Å². The number of hydrogen-bond donors (Lipinski definition) is 2. The van der Waals surface area contributed by atoms with Crippen LogP contribution < -0.4 is 19.3 Å². The molecule has 5 heteroatoms. The molecule has 0 radical (unpaired) electrons. The number of para-hydroxylation sites is 3. The number of quaternary nitrogens is 1. The molecule has 2 aromatic carbocycles. The van der Waals surface area contributed by atoms with E-state index in [9.17, 15) is 5.11 Å². The molecule has 1 aliphatic rings. The molecule has 0 amide bonds. The lowest BCUT2D eigenvalue weighted by Gasteiger charge is -2.35. The molecule has 2 N–H and O–H groups in total. The second-order valence-corrected chi connectivity index (χ2v) is 7.30. The van der Waals surface area contributed by atoms with Crippen molar-refractivity contribution >= 4 is 5.69 Å². The molecule has 3 rings (SSSR count). The third-order valence-corrected chi connectivity index (χ3v) is 5.25. The van der Waals surface area contributed by atoms with Gasteiger partial charge in [0.2, 0.25) is 0 Å². The van der Waals surface area contributed by atoms with Gasteiger partial charge in [0.1, 0.15) is 30.8 Å². The average molecular weight is 372 g/mol. The molecule has 1 aliphatic heterocycles. The summed E-state index contributed by atoms with van der Waals surface area (Å²) in [4.78, 5) is 3.78. The molecule has 5 nitrogen and oxygen atoms in total. The summed E-state index contributed by atoms with van der Waals surface area (Å²) < 4.78 is 11.4. The monoisotopic (exact) mass is 371 g/mol. The second kappa shape index (κ2) is 9.11. The van der Waals surface area contributed by atoms with Crippen LogP contribution in [0.15, 0.2) is 42.5 Å². The Bertz CT molecular complexity index is 722. The van der Waals surface area contributed by atoms with E-state index in [4.69, 9.17) is 9.47 Å². The molecule has 0 saturated carbocycles. The minimum Gasteiger partial charge on any atom is -0.495 e. The number of ether oxygens (including phenoxy) is 2. The minimum absolute atomic E-state index is 0.339. The van der Waals surface area contributed by atoms with Gasteiger partial charge in [-0.2, -0.15) is 0 Å². The van der Waals surface area contributed by atoms with Gasteiger partial charge in [0.15, 0.2) is 0 Å². The molecular weight excluding hydrogens is 340 g/mol. The van der Waals surface area contributed by atoms with Gasteiger partial charge in [-0.25, -0.2) is 0 Å². The number of benzene rings is 2. The van der Waals surface area contributed by atoms with Gasteiger partial charge < -0.3 is 24.4 Å². The van der Waals surface area contributed by atoms with Gasteiger partial charge in [-0.1, -0.05) is 30.3 Å². The Morgan fingerprint density at radius 3 is 2.37 bits per heavy atom. The van der Waals surface area contributed by atoms with Crippen molar-refractivity contribution in [3.8, 4) is 11.5 Å². The lowest BCUT2D eigenvalue weighted by atomic mass is 10.1. The molecule has 2 aromatic rings. The van der Waals surface area contributed by atoms with Crippen LogP contribution in [-0.2, 0) is 0 Å². The van der Waals surface area contributed by atoms with Crippen LogP contribution in [0, 0.1) is 13.8 Å². The first-order chi connectivity index (χ1) is 13.1. The van der Waals surface area contributed by atoms with E-state index in [1.54, 1.807) is 7.11 Å². The van der Waals surface area contributed by atoms with Crippen LogP contribution >= 0.6 is 0 Å². The molecule has 146 valence electrons. The molecule has 0 spiro atoms. The van der Waals surface area contributed by atoms with Crippen LogP contribution in [-0.4, -0.2) is 57.7 Å². The first kappa shape index (κ1) is 19.5. The molecule has 0 aromatic heterocycles. The highest BCUT2D eigenvalue weighted by Gasteiger charge is 2.24. The maximum atomic E-state index is 10.4. The summed E-state index contributed by atoms with van der Waals surface area (Å²) in [5.41, 5.74) is 3.37. The largest absolute Gasteiger partial charge is 0.495 e. The normalized spacial score (nSPS) is 16.2. The van der Waals surface area contributed by atoms with Crippen LogP contribution in [0.1, 0.15) is 11.1 Å². The maximum Gasteiger partial charge on any atom is 0.142 e. The number of methoxy groups -OCH3 is 1. The van der Waals surface area contributed by atoms with E-state index in [-0.39, 0.29) is 0 Å². The van der Waals surface area contributed by atoms with E-state index >= 15 is 0 Å². The van der Waals surface area contributed by atoms with Gasteiger partial charge in [0.25, 0.3) is 0 Å². The lowest BCUT2D eigenvalue weighted by Crippen LogP contribution is -3.16. The Balaban J connectivity index is 1.47. The topological polar surface area (TPSA) is 46.4 Å². The average Bonchev–Trinajstić information content (AvgIpc) is 2.68. The van der Waals surface area contributed by atoms with E-state index < -0.39 is 6.10 Å². The highest BCUT2D eigenvalue weighted by molar-refractivity contribution is 5.58. The summed E-state index contributed by atoms with van der Waals surface area (Å²) >= 11 is 0. The van der Waals surface area contributed by atoms with Crippen molar-refractivity contribution in [2.24, 2.45) is 0 Å². The number of nitrogens with zero attached hydrogens (tertiary/aromatic N) is 1. The molecule has 0 aliphatic carbocycles. The fourth-order valence-electron chi connectivity index (χ4n) is 3.76. The van der Waals surface area contributed by atoms with Gasteiger partial charge in [-0.15, -0.1) is 0 Å². The third kappa shape index (κ3) is 4.93. The summed E-state index contributed by atoms with van der Waals surface area (Å²) in [5.74, 6) is 1.82. The Kier molecular flexibility index (Phi) is 6.58. The molecule has 1 heterocycles. The van der Waals surface area contributed by atoms with Gasteiger partial charge in [0, 0.05) is 0 Å². The Morgan fingerprint density at radius 1 is 1.04 bits per heavy atom. The number of aryl methyl sites for hydroxylation is 2. The zero-order valence-electron chi connectivity index (χ0n) is 16.6. The number of piperazine rings is 1. The van der Waals surface area contributed by atoms with Gasteiger partial charge in [0.05, 0.1) is 39.0 Å². The predicted octanol–water partition coefficient (Wildman–Crippen LogP) is 1.46. The van der Waals surface area contributed by atoms with Crippen LogP contribution in [0.3, 0.4) is 0 Å². The van der Waals surface area contributed by atoms with E-state index in [2.05, 4.69) is 11.0 Å². The lowest BCUT2D eigenvalue weighted by molar-refractivity contribution is -0.903. The summed E-state index contributed by atoms with van der Waals surface area (Å²) in [7, 11) is 1.72. The fraction of sp³-hybridized carbons (Fsp3) is 0.455. The molecule has 0 unspecified atom stereocenters. The predicted molar refractivity (Wildman–Crippen MR) is 108 cm³/mol. The zero-order valence-corrected chi connectivity index (χ0v) is 16.6. The van der Waals surface area contributed by atoms with Gasteiger partial charge >= 0.3 is 0 Å². The smallest absolute Gasteiger partial charge is 0.142 e. The first-order valence-electron chi connectivity index (χ1n) is 9.67. The number of aliphatic hydroxyl groups is 1. The van der Waals surface area contributed by atoms with E-state index in [0.29, 0.717) is 13.2 Å². The fourth-order valence-corrected chi connectivity index (χ4v) is 3.76. The van der Waals surface area contributed by atoms with Crippen molar-refractivity contribution in [1.29, 1.82) is 0 Å². The van der Waals surface area contributed by atoms with Crippen LogP contribution in [0.4, 0.5) is 5.69 Å². The van der Waals surface area contributed by atoms with E-state index in [1.807, 2.05) is 50.2 Å². The van der Waals surface area contributed by atoms with Crippen molar-refractivity contribution in [2.45, 2.75) is 20.0 Å². The second-order valence-electron chi connectivity index (χ2n) is 7.30. The number of anilines is 1. The molecular formula is C22H31N2O3+. The van der Waals surface area contributed by atoms with Gasteiger partial charge in [-0.05, 0) is 37.1 Å². The first-order valence-corrected chi connectivity index (χ1v) is 9.67. The Hall–Kier alpha value is -2.24. The molecule has 27 heavy (non-hydrogen) atoms. The highest BCUT2D eigenvalue weighted by atomic mass is 16.5. The van der Waals surface area contributed by atoms with Crippen molar-refractivity contribution < 1.29 is 19.5 Å². The van der Waals surface area contributed by atoms with E-state index in [0.717, 1.165) is 54.5 Å². The summed E-state index contributed by atoms with van der Waals surface area (Å²) in [6.45, 7) is 9.04. The van der Waals surface area contributed by atoms with Crippen molar-refractivity contribution in [3.05, 3.63) is 53.6 Å². The molecule has 1 fully saturated rings. The van der Waals surface area contributed by atoms with Crippen molar-refractivity contribution in [2.75, 3.05) is 51.3 Å². The van der Waals surface area contributed by atoms with Crippen molar-refractivity contribution in [1.82, 2.24) is 0 Å². The van der Waals surface area contributed by atoms with Crippen LogP contribution in [0.25, 0.3) is 0 Å². The molecule has 1 saturated heterocycles. The SMILES string of the molecule is COc1ccccc1N1CC[NH+](C[C@H](O)COc2c(C)cccc2C)CC1.